The van der Waals surface area contributed by atoms with E-state index in [0.717, 1.165) is 38.0 Å². The second-order valence-corrected chi connectivity index (χ2v) is 7.26. The van der Waals surface area contributed by atoms with Gasteiger partial charge in [0.1, 0.15) is 0 Å². The van der Waals surface area contributed by atoms with Crippen molar-refractivity contribution in [2.75, 3.05) is 13.1 Å². The number of aryl methyl sites for hydroxylation is 1. The summed E-state index contributed by atoms with van der Waals surface area (Å²) < 4.78 is 7.25. The number of rotatable bonds is 3. The molecule has 0 aliphatic carbocycles. The van der Waals surface area contributed by atoms with E-state index in [9.17, 15) is 4.79 Å². The fraction of sp³-hybridized carbons (Fsp3) is 0.389. The Morgan fingerprint density at radius 2 is 2.17 bits per heavy atom. The molecule has 1 aliphatic rings. The summed E-state index contributed by atoms with van der Waals surface area (Å²) in [4.78, 5) is 16.2. The van der Waals surface area contributed by atoms with Gasteiger partial charge in [0.2, 0.25) is 0 Å². The second kappa shape index (κ2) is 5.98. The molecular formula is C18H20N2O2S. The van der Waals surface area contributed by atoms with Gasteiger partial charge in [-0.2, -0.15) is 0 Å². The second-order valence-electron chi connectivity index (χ2n) is 6.26. The highest BCUT2D eigenvalue weighted by molar-refractivity contribution is 7.10. The van der Waals surface area contributed by atoms with E-state index in [2.05, 4.69) is 23.3 Å². The molecule has 3 aromatic rings. The van der Waals surface area contributed by atoms with E-state index in [1.807, 2.05) is 40.2 Å². The lowest BCUT2D eigenvalue weighted by Gasteiger charge is -2.32. The summed E-state index contributed by atoms with van der Waals surface area (Å²) in [6.07, 6.45) is 2.14. The molecule has 1 atom stereocenters. The van der Waals surface area contributed by atoms with Gasteiger partial charge >= 0.3 is 5.76 Å². The van der Waals surface area contributed by atoms with Gasteiger partial charge in [0.05, 0.1) is 11.6 Å². The van der Waals surface area contributed by atoms with Crippen LogP contribution in [-0.2, 0) is 6.54 Å². The topological polar surface area (TPSA) is 38.4 Å². The van der Waals surface area contributed by atoms with E-state index in [4.69, 9.17) is 4.42 Å². The first-order valence-electron chi connectivity index (χ1n) is 8.08. The van der Waals surface area contributed by atoms with Crippen LogP contribution in [0.3, 0.4) is 0 Å². The first-order valence-corrected chi connectivity index (χ1v) is 8.96. The van der Waals surface area contributed by atoms with Crippen molar-refractivity contribution in [3.05, 3.63) is 56.7 Å². The third kappa shape index (κ3) is 2.75. The summed E-state index contributed by atoms with van der Waals surface area (Å²) >= 11 is 1.82. The maximum Gasteiger partial charge on any atom is 0.420 e. The number of fused-ring (bicyclic) bond motifs is 1. The molecule has 1 fully saturated rings. The lowest BCUT2D eigenvalue weighted by molar-refractivity contribution is 0.169. The van der Waals surface area contributed by atoms with Crippen LogP contribution in [0.15, 0.2) is 44.9 Å². The maximum absolute atomic E-state index is 12.3. The maximum atomic E-state index is 12.3. The van der Waals surface area contributed by atoms with Crippen molar-refractivity contribution >= 4 is 22.4 Å². The van der Waals surface area contributed by atoms with Crippen LogP contribution >= 0.6 is 11.3 Å². The lowest BCUT2D eigenvalue weighted by atomic mass is 10.0. The van der Waals surface area contributed by atoms with Crippen LogP contribution in [0.2, 0.25) is 0 Å². The first kappa shape index (κ1) is 14.7. The van der Waals surface area contributed by atoms with Crippen LogP contribution in [0.5, 0.6) is 0 Å². The number of hydrogen-bond acceptors (Lipinski definition) is 4. The van der Waals surface area contributed by atoms with Crippen molar-refractivity contribution in [3.63, 3.8) is 0 Å². The van der Waals surface area contributed by atoms with Crippen LogP contribution in [0.1, 0.15) is 29.3 Å². The molecule has 1 saturated heterocycles. The van der Waals surface area contributed by atoms with Crippen LogP contribution in [0.4, 0.5) is 0 Å². The van der Waals surface area contributed by atoms with E-state index in [-0.39, 0.29) is 11.8 Å². The molecule has 1 aromatic carbocycles. The average molecular weight is 328 g/mol. The summed E-state index contributed by atoms with van der Waals surface area (Å²) in [6.45, 7) is 5.14. The summed E-state index contributed by atoms with van der Waals surface area (Å²) in [6, 6.07) is 10.1. The molecule has 0 spiro atoms. The van der Waals surface area contributed by atoms with Crippen molar-refractivity contribution < 1.29 is 4.42 Å². The molecule has 3 heterocycles. The van der Waals surface area contributed by atoms with Gasteiger partial charge in [-0.05, 0) is 55.5 Å². The molecule has 1 aliphatic heterocycles. The largest absolute Gasteiger partial charge is 0.420 e. The highest BCUT2D eigenvalue weighted by atomic mass is 32.1. The highest BCUT2D eigenvalue weighted by Gasteiger charge is 2.25. The van der Waals surface area contributed by atoms with Gasteiger partial charge in [-0.25, -0.2) is 4.79 Å². The fourth-order valence-corrected chi connectivity index (χ4v) is 4.43. The quantitative estimate of drug-likeness (QED) is 0.734. The Bertz CT molecular complexity index is 876. The first-order chi connectivity index (χ1) is 11.2. The zero-order valence-corrected chi connectivity index (χ0v) is 14.0. The van der Waals surface area contributed by atoms with Crippen LogP contribution < -0.4 is 5.76 Å². The smallest absolute Gasteiger partial charge is 0.408 e. The van der Waals surface area contributed by atoms with Crippen LogP contribution in [0, 0.1) is 6.92 Å². The predicted octanol–water partition coefficient (Wildman–Crippen LogP) is 3.80. The van der Waals surface area contributed by atoms with E-state index in [1.54, 1.807) is 0 Å². The van der Waals surface area contributed by atoms with Crippen molar-refractivity contribution in [2.24, 2.45) is 0 Å². The molecule has 2 aromatic heterocycles. The number of hydrogen-bond donors (Lipinski definition) is 0. The van der Waals surface area contributed by atoms with E-state index in [1.165, 1.54) is 10.4 Å². The SMILES string of the molecule is Cc1ccsc1CN1CCCC(n2c(=O)oc3ccccc32)C1. The number of nitrogens with zero attached hydrogens (tertiary/aromatic N) is 2. The Labute approximate surface area is 139 Å². The monoisotopic (exact) mass is 328 g/mol. The Balaban J connectivity index is 1.60. The Kier molecular flexibility index (Phi) is 3.83. The summed E-state index contributed by atoms with van der Waals surface area (Å²) in [5.41, 5.74) is 2.96. The van der Waals surface area contributed by atoms with Crippen molar-refractivity contribution in [3.8, 4) is 0 Å². The summed E-state index contributed by atoms with van der Waals surface area (Å²) in [7, 11) is 0. The predicted molar refractivity (Wildman–Crippen MR) is 93.1 cm³/mol. The van der Waals surface area contributed by atoms with E-state index < -0.39 is 0 Å². The van der Waals surface area contributed by atoms with Gasteiger partial charge < -0.3 is 4.42 Å². The number of benzene rings is 1. The number of thiophene rings is 1. The van der Waals surface area contributed by atoms with Gasteiger partial charge in [-0.3, -0.25) is 9.47 Å². The highest BCUT2D eigenvalue weighted by Crippen LogP contribution is 2.27. The Hall–Kier alpha value is -1.85. The minimum atomic E-state index is -0.231. The third-order valence-electron chi connectivity index (χ3n) is 4.70. The molecule has 23 heavy (non-hydrogen) atoms. The van der Waals surface area contributed by atoms with Crippen LogP contribution in [0.25, 0.3) is 11.1 Å². The van der Waals surface area contributed by atoms with Crippen molar-refractivity contribution in [2.45, 2.75) is 32.4 Å². The number of aromatic nitrogens is 1. The molecular weight excluding hydrogens is 308 g/mol. The third-order valence-corrected chi connectivity index (χ3v) is 5.71. The molecule has 120 valence electrons. The molecule has 4 nitrogen and oxygen atoms in total. The number of para-hydroxylation sites is 2. The van der Waals surface area contributed by atoms with Crippen molar-refractivity contribution in [1.82, 2.24) is 9.47 Å². The normalized spacial score (nSPS) is 19.4. The van der Waals surface area contributed by atoms with E-state index in [0.29, 0.717) is 5.58 Å². The minimum Gasteiger partial charge on any atom is -0.408 e. The molecule has 4 rings (SSSR count). The van der Waals surface area contributed by atoms with Gasteiger partial charge in [-0.1, -0.05) is 12.1 Å². The molecule has 0 bridgehead atoms. The molecule has 0 saturated carbocycles. The average Bonchev–Trinajstić information content (AvgIpc) is 3.10. The zero-order valence-electron chi connectivity index (χ0n) is 13.2. The standard InChI is InChI=1S/C18H20N2O2S/c1-13-8-10-23-17(13)12-19-9-4-5-14(11-19)20-15-6-2-3-7-16(15)22-18(20)21/h2-3,6-8,10,14H,4-5,9,11-12H2,1H3. The zero-order chi connectivity index (χ0) is 15.8. The molecule has 0 amide bonds. The molecule has 0 N–H and O–H groups in total. The van der Waals surface area contributed by atoms with Crippen molar-refractivity contribution in [1.29, 1.82) is 0 Å². The molecule has 1 unspecified atom stereocenters. The fourth-order valence-electron chi connectivity index (χ4n) is 3.48. The van der Waals surface area contributed by atoms with Gasteiger partial charge in [0.25, 0.3) is 0 Å². The van der Waals surface area contributed by atoms with Crippen LogP contribution in [-0.4, -0.2) is 22.6 Å². The number of likely N-dealkylation sites (tertiary alicyclic amines) is 1. The van der Waals surface area contributed by atoms with Gasteiger partial charge in [-0.15, -0.1) is 11.3 Å². The molecule has 5 heteroatoms. The Morgan fingerprint density at radius 3 is 3.00 bits per heavy atom. The van der Waals surface area contributed by atoms with Gasteiger partial charge in [0.15, 0.2) is 5.58 Å². The summed E-state index contributed by atoms with van der Waals surface area (Å²) in [5.74, 6) is -0.231. The molecule has 0 radical (unpaired) electrons. The number of piperidine rings is 1. The van der Waals surface area contributed by atoms with E-state index >= 15 is 0 Å². The number of oxazole rings is 1. The summed E-state index contributed by atoms with van der Waals surface area (Å²) in [5, 5.41) is 2.15. The lowest BCUT2D eigenvalue weighted by Crippen LogP contribution is -2.38. The Morgan fingerprint density at radius 1 is 1.30 bits per heavy atom. The minimum absolute atomic E-state index is 0.195. The van der Waals surface area contributed by atoms with Gasteiger partial charge in [0, 0.05) is 18.0 Å².